The largest absolute Gasteiger partial charge is 0.312 e. The smallest absolute Gasteiger partial charge is 0.248 e. The van der Waals surface area contributed by atoms with Crippen molar-refractivity contribution in [3.8, 4) is 0 Å². The van der Waals surface area contributed by atoms with E-state index in [9.17, 15) is 9.59 Å². The van der Waals surface area contributed by atoms with Gasteiger partial charge in [0.05, 0.1) is 13.0 Å². The Labute approximate surface area is 110 Å². The standard InChI is InChI=1S/C12H13ClN2O3/c1-18-14-12(17)8-5-11(16)15(7-8)10-4-2-3-9(13)6-10/h2-4,6,8H,5,7H2,1H3,(H,14,17). The van der Waals surface area contributed by atoms with Crippen molar-refractivity contribution in [3.05, 3.63) is 29.3 Å². The van der Waals surface area contributed by atoms with E-state index in [1.54, 1.807) is 29.2 Å². The lowest BCUT2D eigenvalue weighted by atomic mass is 10.1. The van der Waals surface area contributed by atoms with Crippen molar-refractivity contribution >= 4 is 29.1 Å². The van der Waals surface area contributed by atoms with E-state index < -0.39 is 5.92 Å². The number of nitrogens with one attached hydrogen (secondary N) is 1. The molecule has 1 aliphatic heterocycles. The maximum absolute atomic E-state index is 11.9. The van der Waals surface area contributed by atoms with Gasteiger partial charge < -0.3 is 4.90 Å². The number of amides is 2. The average Bonchev–Trinajstić information content (AvgIpc) is 2.72. The minimum atomic E-state index is -0.392. The minimum Gasteiger partial charge on any atom is -0.312 e. The highest BCUT2D eigenvalue weighted by atomic mass is 35.5. The van der Waals surface area contributed by atoms with Gasteiger partial charge in [0.1, 0.15) is 0 Å². The molecule has 2 amide bonds. The van der Waals surface area contributed by atoms with Gasteiger partial charge in [-0.3, -0.25) is 14.4 Å². The van der Waals surface area contributed by atoms with Gasteiger partial charge in [-0.2, -0.15) is 0 Å². The van der Waals surface area contributed by atoms with Gasteiger partial charge in [0, 0.05) is 23.7 Å². The summed E-state index contributed by atoms with van der Waals surface area (Å²) < 4.78 is 0. The third kappa shape index (κ3) is 2.63. The summed E-state index contributed by atoms with van der Waals surface area (Å²) in [7, 11) is 1.36. The first kappa shape index (κ1) is 12.9. The molecular formula is C12H13ClN2O3. The van der Waals surface area contributed by atoms with Crippen molar-refractivity contribution in [1.82, 2.24) is 5.48 Å². The predicted molar refractivity (Wildman–Crippen MR) is 67.1 cm³/mol. The summed E-state index contributed by atoms with van der Waals surface area (Å²) in [5.74, 6) is -0.764. The molecule has 0 bridgehead atoms. The third-order valence-electron chi connectivity index (χ3n) is 2.82. The second kappa shape index (κ2) is 5.37. The van der Waals surface area contributed by atoms with Crippen LogP contribution in [-0.2, 0) is 14.4 Å². The van der Waals surface area contributed by atoms with Gasteiger partial charge >= 0.3 is 0 Å². The first-order valence-corrected chi connectivity index (χ1v) is 5.88. The maximum Gasteiger partial charge on any atom is 0.248 e. The normalized spacial score (nSPS) is 19.1. The highest BCUT2D eigenvalue weighted by molar-refractivity contribution is 6.30. The van der Waals surface area contributed by atoms with Crippen LogP contribution < -0.4 is 10.4 Å². The molecule has 1 aliphatic rings. The lowest BCUT2D eigenvalue weighted by molar-refractivity contribution is -0.135. The van der Waals surface area contributed by atoms with Gasteiger partial charge in [-0.1, -0.05) is 17.7 Å². The molecule has 0 saturated carbocycles. The quantitative estimate of drug-likeness (QED) is 0.843. The number of rotatable bonds is 3. The summed E-state index contributed by atoms with van der Waals surface area (Å²) in [5, 5.41) is 0.560. The van der Waals surface area contributed by atoms with E-state index in [1.165, 1.54) is 7.11 Å². The van der Waals surface area contributed by atoms with Gasteiger partial charge in [0.25, 0.3) is 0 Å². The lowest BCUT2D eigenvalue weighted by Gasteiger charge is -2.16. The number of nitrogens with zero attached hydrogens (tertiary/aromatic N) is 1. The zero-order valence-electron chi connectivity index (χ0n) is 9.85. The lowest BCUT2D eigenvalue weighted by Crippen LogP contribution is -2.32. The first-order chi connectivity index (χ1) is 8.61. The Kier molecular flexibility index (Phi) is 3.84. The number of anilines is 1. The van der Waals surface area contributed by atoms with E-state index in [1.807, 2.05) is 0 Å². The van der Waals surface area contributed by atoms with Crippen molar-refractivity contribution in [2.24, 2.45) is 5.92 Å². The summed E-state index contributed by atoms with van der Waals surface area (Å²) in [4.78, 5) is 29.6. The number of carbonyl (C=O) groups excluding carboxylic acids is 2. The molecule has 96 valence electrons. The highest BCUT2D eigenvalue weighted by Crippen LogP contribution is 2.27. The summed E-state index contributed by atoms with van der Waals surface area (Å²) in [6.45, 7) is 0.342. The van der Waals surface area contributed by atoms with Crippen molar-refractivity contribution in [1.29, 1.82) is 0 Å². The van der Waals surface area contributed by atoms with E-state index in [0.29, 0.717) is 17.3 Å². The zero-order valence-corrected chi connectivity index (χ0v) is 10.6. The number of halogens is 1. The highest BCUT2D eigenvalue weighted by Gasteiger charge is 2.35. The van der Waals surface area contributed by atoms with Crippen LogP contribution in [0.2, 0.25) is 5.02 Å². The van der Waals surface area contributed by atoms with Crippen LogP contribution >= 0.6 is 11.6 Å². The fraction of sp³-hybridized carbons (Fsp3) is 0.333. The second-order valence-electron chi connectivity index (χ2n) is 4.06. The Bertz CT molecular complexity index is 478. The first-order valence-electron chi connectivity index (χ1n) is 5.50. The molecule has 1 heterocycles. The summed E-state index contributed by atoms with van der Waals surface area (Å²) in [6, 6.07) is 7.00. The topological polar surface area (TPSA) is 58.6 Å². The average molecular weight is 269 g/mol. The maximum atomic E-state index is 11.9. The van der Waals surface area contributed by atoms with Gasteiger partial charge in [-0.15, -0.1) is 0 Å². The van der Waals surface area contributed by atoms with Crippen molar-refractivity contribution < 1.29 is 14.4 Å². The van der Waals surface area contributed by atoms with Crippen LogP contribution in [0.25, 0.3) is 0 Å². The molecule has 2 rings (SSSR count). The predicted octanol–water partition coefficient (Wildman–Crippen LogP) is 1.37. The van der Waals surface area contributed by atoms with Crippen molar-refractivity contribution in [2.45, 2.75) is 6.42 Å². The Morgan fingerprint density at radius 3 is 3.00 bits per heavy atom. The monoisotopic (exact) mass is 268 g/mol. The molecule has 1 N–H and O–H groups in total. The summed E-state index contributed by atoms with van der Waals surface area (Å²) in [6.07, 6.45) is 0.182. The van der Waals surface area contributed by atoms with E-state index in [-0.39, 0.29) is 18.2 Å². The molecule has 0 aromatic heterocycles. The second-order valence-corrected chi connectivity index (χ2v) is 4.49. The van der Waals surface area contributed by atoms with Gasteiger partial charge in [0.15, 0.2) is 0 Å². The molecule has 6 heteroatoms. The zero-order chi connectivity index (χ0) is 13.1. The van der Waals surface area contributed by atoms with E-state index in [4.69, 9.17) is 11.6 Å². The molecule has 0 radical (unpaired) electrons. The summed E-state index contributed by atoms with van der Waals surface area (Å²) >= 11 is 5.88. The van der Waals surface area contributed by atoms with Crippen molar-refractivity contribution in [2.75, 3.05) is 18.6 Å². The molecule has 1 atom stereocenters. The van der Waals surface area contributed by atoms with E-state index in [2.05, 4.69) is 10.3 Å². The Balaban J connectivity index is 2.12. The van der Waals surface area contributed by atoms with E-state index in [0.717, 1.165) is 0 Å². The van der Waals surface area contributed by atoms with Gasteiger partial charge in [0.2, 0.25) is 11.8 Å². The Morgan fingerprint density at radius 2 is 2.33 bits per heavy atom. The SMILES string of the molecule is CONC(=O)C1CC(=O)N(c2cccc(Cl)c2)C1. The van der Waals surface area contributed by atoms with Crippen LogP contribution in [0.4, 0.5) is 5.69 Å². The number of benzene rings is 1. The van der Waals surface area contributed by atoms with Crippen LogP contribution in [0, 0.1) is 5.92 Å². The molecule has 0 spiro atoms. The Morgan fingerprint density at radius 1 is 1.56 bits per heavy atom. The van der Waals surface area contributed by atoms with Gasteiger partial charge in [-0.05, 0) is 18.2 Å². The van der Waals surface area contributed by atoms with Crippen molar-refractivity contribution in [3.63, 3.8) is 0 Å². The van der Waals surface area contributed by atoms with Crippen LogP contribution in [0.15, 0.2) is 24.3 Å². The molecule has 5 nitrogen and oxygen atoms in total. The van der Waals surface area contributed by atoms with Crippen LogP contribution in [-0.4, -0.2) is 25.5 Å². The molecule has 1 aromatic carbocycles. The molecule has 1 aromatic rings. The van der Waals surface area contributed by atoms with Crippen LogP contribution in [0.1, 0.15) is 6.42 Å². The van der Waals surface area contributed by atoms with Crippen LogP contribution in [0.5, 0.6) is 0 Å². The molecule has 1 fully saturated rings. The third-order valence-corrected chi connectivity index (χ3v) is 3.05. The number of hydroxylamine groups is 1. The minimum absolute atomic E-state index is 0.0893. The van der Waals surface area contributed by atoms with E-state index >= 15 is 0 Å². The fourth-order valence-corrected chi connectivity index (χ4v) is 2.15. The molecular weight excluding hydrogens is 256 g/mol. The number of carbonyl (C=O) groups is 2. The van der Waals surface area contributed by atoms with Crippen LogP contribution in [0.3, 0.4) is 0 Å². The molecule has 1 saturated heterocycles. The Hall–Kier alpha value is -1.59. The molecule has 0 aliphatic carbocycles. The van der Waals surface area contributed by atoms with Gasteiger partial charge in [-0.25, -0.2) is 5.48 Å². The number of hydrogen-bond donors (Lipinski definition) is 1. The summed E-state index contributed by atoms with van der Waals surface area (Å²) in [5.41, 5.74) is 2.96. The fourth-order valence-electron chi connectivity index (χ4n) is 1.96. The molecule has 18 heavy (non-hydrogen) atoms. The molecule has 1 unspecified atom stereocenters. The number of hydrogen-bond acceptors (Lipinski definition) is 3.